The number of nitrogens with one attached hydrogen (secondary N) is 3. The van der Waals surface area contributed by atoms with Crippen LogP contribution in [0.1, 0.15) is 18.1 Å². The van der Waals surface area contributed by atoms with E-state index >= 15 is 0 Å². The zero-order valence-electron chi connectivity index (χ0n) is 16.4. The van der Waals surface area contributed by atoms with E-state index < -0.39 is 0 Å². The van der Waals surface area contributed by atoms with Crippen LogP contribution in [-0.4, -0.2) is 16.7 Å². The highest BCUT2D eigenvalue weighted by atomic mass is 35.5. The van der Waals surface area contributed by atoms with Gasteiger partial charge in [0.15, 0.2) is 5.84 Å². The van der Waals surface area contributed by atoms with Crippen molar-refractivity contribution in [2.24, 2.45) is 10.3 Å². The Morgan fingerprint density at radius 3 is 2.50 bits per heavy atom. The van der Waals surface area contributed by atoms with E-state index in [1.54, 1.807) is 30.5 Å². The summed E-state index contributed by atoms with van der Waals surface area (Å²) in [6, 6.07) is 14.6. The maximum Gasteiger partial charge on any atom is 0.221 e. The van der Waals surface area contributed by atoms with Gasteiger partial charge in [-0.15, -0.1) is 5.10 Å². The average Bonchev–Trinajstić information content (AvgIpc) is 2.71. The van der Waals surface area contributed by atoms with Crippen molar-refractivity contribution in [2.45, 2.75) is 13.8 Å². The van der Waals surface area contributed by atoms with E-state index in [4.69, 9.17) is 22.9 Å². The van der Waals surface area contributed by atoms with Crippen molar-refractivity contribution in [3.8, 4) is 11.1 Å². The molecule has 0 aliphatic rings. The second-order valence-electron chi connectivity index (χ2n) is 6.55. The number of nitrogens with zero attached hydrogens (tertiary/aromatic N) is 3. The van der Waals surface area contributed by atoms with Crippen LogP contribution in [0.25, 0.3) is 11.1 Å². The predicted octanol–water partition coefficient (Wildman–Crippen LogP) is 5.06. The molecule has 9 heteroatoms. The summed E-state index contributed by atoms with van der Waals surface area (Å²) in [4.78, 5) is 15.5. The van der Waals surface area contributed by atoms with Gasteiger partial charge in [0, 0.05) is 35.1 Å². The molecule has 2 aromatic carbocycles. The Kier molecular flexibility index (Phi) is 6.38. The number of hydrogen-bond acceptors (Lipinski definition) is 5. The lowest BCUT2D eigenvalue weighted by molar-refractivity contribution is -0.114. The molecule has 0 saturated heterocycles. The quantitative estimate of drug-likeness (QED) is 0.198. The molecule has 0 aliphatic carbocycles. The molecule has 0 unspecified atom stereocenters. The van der Waals surface area contributed by atoms with Gasteiger partial charge in [-0.2, -0.15) is 5.53 Å². The largest absolute Gasteiger partial charge is 0.383 e. The molecule has 8 nitrogen and oxygen atoms in total. The Morgan fingerprint density at radius 1 is 1.10 bits per heavy atom. The Labute approximate surface area is 178 Å². The summed E-state index contributed by atoms with van der Waals surface area (Å²) in [5, 5.41) is 13.5. The molecule has 30 heavy (non-hydrogen) atoms. The third-order valence-corrected chi connectivity index (χ3v) is 4.55. The van der Waals surface area contributed by atoms with E-state index in [-0.39, 0.29) is 17.6 Å². The van der Waals surface area contributed by atoms with Crippen LogP contribution >= 0.6 is 11.6 Å². The molecule has 0 spiro atoms. The van der Waals surface area contributed by atoms with Crippen molar-refractivity contribution in [1.29, 1.82) is 5.53 Å². The Balaban J connectivity index is 1.97. The van der Waals surface area contributed by atoms with Crippen LogP contribution in [-0.2, 0) is 4.79 Å². The van der Waals surface area contributed by atoms with Gasteiger partial charge in [-0.3, -0.25) is 4.79 Å². The molecular weight excluding hydrogens is 402 g/mol. The third kappa shape index (κ3) is 4.98. The van der Waals surface area contributed by atoms with E-state index in [1.165, 1.54) is 6.92 Å². The normalized spacial score (nSPS) is 11.1. The van der Waals surface area contributed by atoms with Gasteiger partial charge >= 0.3 is 0 Å². The van der Waals surface area contributed by atoms with Crippen LogP contribution < -0.4 is 16.4 Å². The van der Waals surface area contributed by atoms with E-state index in [9.17, 15) is 4.79 Å². The summed E-state index contributed by atoms with van der Waals surface area (Å²) in [5.41, 5.74) is 17.8. The first-order chi connectivity index (χ1) is 14.4. The molecule has 0 radical (unpaired) electrons. The molecule has 3 aromatic rings. The van der Waals surface area contributed by atoms with Crippen molar-refractivity contribution < 1.29 is 4.79 Å². The summed E-state index contributed by atoms with van der Waals surface area (Å²) in [6.45, 7) is 3.37. The molecule has 0 atom stereocenters. The third-order valence-electron chi connectivity index (χ3n) is 4.31. The van der Waals surface area contributed by atoms with Gasteiger partial charge < -0.3 is 16.4 Å². The molecule has 5 N–H and O–H groups in total. The number of pyridine rings is 1. The highest BCUT2D eigenvalue weighted by molar-refractivity contribution is 6.31. The highest BCUT2D eigenvalue weighted by Gasteiger charge is 2.13. The second-order valence-corrected chi connectivity index (χ2v) is 6.98. The van der Waals surface area contributed by atoms with Crippen LogP contribution in [0.4, 0.5) is 17.2 Å². The predicted molar refractivity (Wildman–Crippen MR) is 120 cm³/mol. The number of carbonyl (C=O) groups is 1. The second kappa shape index (κ2) is 9.15. The van der Waals surface area contributed by atoms with Gasteiger partial charge in [0.1, 0.15) is 5.82 Å². The summed E-state index contributed by atoms with van der Waals surface area (Å²) in [5.74, 6) is 0.377. The summed E-state index contributed by atoms with van der Waals surface area (Å²) in [6.07, 6.45) is 1.65. The van der Waals surface area contributed by atoms with Crippen LogP contribution in [0.2, 0.25) is 5.02 Å². The van der Waals surface area contributed by atoms with Gasteiger partial charge in [-0.25, -0.2) is 4.98 Å². The number of anilines is 3. The van der Waals surface area contributed by atoms with Gasteiger partial charge in [-0.1, -0.05) is 35.0 Å². The van der Waals surface area contributed by atoms with Crippen LogP contribution in [0, 0.1) is 12.5 Å². The number of aryl methyl sites for hydroxylation is 1. The minimum atomic E-state index is -0.137. The van der Waals surface area contributed by atoms with E-state index in [1.807, 2.05) is 31.2 Å². The SMILES string of the molecule is CC(=O)Nc1ccc(-c2cnc(N)c(/C(=N/N=N)Nc3cc(Cl)ccc3C)c2)cc1. The number of nitrogen functional groups attached to an aromatic ring is 1. The molecule has 152 valence electrons. The van der Waals surface area contributed by atoms with Gasteiger partial charge in [0.2, 0.25) is 5.91 Å². The molecule has 1 aromatic heterocycles. The number of rotatable bonds is 5. The topological polar surface area (TPSA) is 129 Å². The van der Waals surface area contributed by atoms with Crippen molar-refractivity contribution in [3.05, 3.63) is 70.9 Å². The maximum absolute atomic E-state index is 11.2. The van der Waals surface area contributed by atoms with Gasteiger partial charge in [0.05, 0.1) is 5.56 Å². The standard InChI is InChI=1S/C21H20ClN7O/c1-12-3-6-16(22)10-19(12)27-21(28-29-24)18-9-15(11-25-20(18)23)14-4-7-17(8-5-14)26-13(2)30/h3-11H,1-2H3,(H2,23,25)(H,26,30)(H2,24,27,28). The van der Waals surface area contributed by atoms with E-state index in [2.05, 4.69) is 25.9 Å². The van der Waals surface area contributed by atoms with Crippen molar-refractivity contribution in [2.75, 3.05) is 16.4 Å². The summed E-state index contributed by atoms with van der Waals surface area (Å²) >= 11 is 6.10. The van der Waals surface area contributed by atoms with Crippen molar-refractivity contribution in [1.82, 2.24) is 4.98 Å². The lowest BCUT2D eigenvalue weighted by Gasteiger charge is -2.14. The Hall–Kier alpha value is -3.78. The lowest BCUT2D eigenvalue weighted by Crippen LogP contribution is -2.17. The minimum Gasteiger partial charge on any atom is -0.383 e. The van der Waals surface area contributed by atoms with Crippen LogP contribution in [0.15, 0.2) is 65.1 Å². The molecule has 0 fully saturated rings. The Morgan fingerprint density at radius 2 is 1.83 bits per heavy atom. The number of halogens is 1. The van der Waals surface area contributed by atoms with Gasteiger partial charge in [0.25, 0.3) is 0 Å². The monoisotopic (exact) mass is 421 g/mol. The summed E-state index contributed by atoms with van der Waals surface area (Å²) < 4.78 is 0. The summed E-state index contributed by atoms with van der Waals surface area (Å²) in [7, 11) is 0. The van der Waals surface area contributed by atoms with Crippen LogP contribution in [0.5, 0.6) is 0 Å². The first-order valence-electron chi connectivity index (χ1n) is 8.99. The molecule has 0 saturated carbocycles. The fourth-order valence-electron chi connectivity index (χ4n) is 2.82. The van der Waals surface area contributed by atoms with E-state index in [0.29, 0.717) is 16.3 Å². The van der Waals surface area contributed by atoms with Crippen molar-refractivity contribution >= 4 is 40.5 Å². The number of benzene rings is 2. The molecule has 3 rings (SSSR count). The zero-order chi connectivity index (χ0) is 21.7. The number of amidine groups is 1. The molecular formula is C21H20ClN7O. The molecule has 0 aliphatic heterocycles. The maximum atomic E-state index is 11.2. The fourth-order valence-corrected chi connectivity index (χ4v) is 3.00. The number of carbonyl (C=O) groups excluding carboxylic acids is 1. The number of nitrogens with two attached hydrogens (primary N) is 1. The van der Waals surface area contributed by atoms with Crippen molar-refractivity contribution in [3.63, 3.8) is 0 Å². The zero-order valence-corrected chi connectivity index (χ0v) is 17.2. The molecule has 0 bridgehead atoms. The van der Waals surface area contributed by atoms with Gasteiger partial charge in [-0.05, 0) is 48.4 Å². The molecule has 1 amide bonds. The highest BCUT2D eigenvalue weighted by Crippen LogP contribution is 2.26. The number of amides is 1. The fraction of sp³-hybridized carbons (Fsp3) is 0.0952. The minimum absolute atomic E-state index is 0.137. The number of hydrogen-bond donors (Lipinski definition) is 4. The van der Waals surface area contributed by atoms with Crippen LogP contribution in [0.3, 0.4) is 0 Å². The average molecular weight is 422 g/mol. The lowest BCUT2D eigenvalue weighted by atomic mass is 10.0. The van der Waals surface area contributed by atoms with E-state index in [0.717, 1.165) is 22.4 Å². The smallest absolute Gasteiger partial charge is 0.221 e. The number of aromatic nitrogens is 1. The first-order valence-corrected chi connectivity index (χ1v) is 9.36. The molecule has 1 heterocycles. The Bertz CT molecular complexity index is 1130. The first kappa shape index (κ1) is 20.9.